The summed E-state index contributed by atoms with van der Waals surface area (Å²) in [7, 11) is 0. The van der Waals surface area contributed by atoms with E-state index >= 15 is 0 Å². The van der Waals surface area contributed by atoms with Crippen molar-refractivity contribution >= 4 is 17.5 Å². The fraction of sp³-hybridized carbons (Fsp3) is 0.389. The van der Waals surface area contributed by atoms with Gasteiger partial charge in [0.1, 0.15) is 0 Å². The van der Waals surface area contributed by atoms with Crippen LogP contribution in [0.2, 0.25) is 5.02 Å². The summed E-state index contributed by atoms with van der Waals surface area (Å²) >= 11 is 5.86. The molecule has 1 amide bonds. The molecule has 22 heavy (non-hydrogen) atoms. The van der Waals surface area contributed by atoms with E-state index in [-0.39, 0.29) is 5.91 Å². The SMILES string of the molecule is Cc1cc(C(=O)NCCc2ccc(Cl)cc2)c(C)n1C(C)C. The molecule has 1 aromatic heterocycles. The van der Waals surface area contributed by atoms with Crippen LogP contribution in [0, 0.1) is 13.8 Å². The smallest absolute Gasteiger partial charge is 0.253 e. The predicted octanol–water partition coefficient (Wildman–Crippen LogP) is 4.31. The quantitative estimate of drug-likeness (QED) is 0.875. The minimum absolute atomic E-state index is 0.00559. The van der Waals surface area contributed by atoms with Crippen molar-refractivity contribution in [3.63, 3.8) is 0 Å². The van der Waals surface area contributed by atoms with Crippen LogP contribution in [0.1, 0.15) is 47.2 Å². The maximum atomic E-state index is 12.4. The molecule has 2 rings (SSSR count). The van der Waals surface area contributed by atoms with Gasteiger partial charge in [-0.25, -0.2) is 0 Å². The molecule has 1 N–H and O–H groups in total. The molecule has 1 aromatic carbocycles. The molecular formula is C18H23ClN2O. The Bertz CT molecular complexity index is 656. The monoisotopic (exact) mass is 318 g/mol. The van der Waals surface area contributed by atoms with Crippen LogP contribution in [-0.4, -0.2) is 17.0 Å². The molecule has 0 fully saturated rings. The van der Waals surface area contributed by atoms with Crippen molar-refractivity contribution in [3.8, 4) is 0 Å². The molecule has 0 aliphatic heterocycles. The zero-order chi connectivity index (χ0) is 16.3. The first kappa shape index (κ1) is 16.6. The van der Waals surface area contributed by atoms with E-state index in [0.717, 1.165) is 34.0 Å². The number of benzene rings is 1. The number of halogens is 1. The Morgan fingerprint density at radius 2 is 1.86 bits per heavy atom. The van der Waals surface area contributed by atoms with Crippen LogP contribution < -0.4 is 5.32 Å². The van der Waals surface area contributed by atoms with Gasteiger partial charge >= 0.3 is 0 Å². The number of carbonyl (C=O) groups is 1. The molecule has 4 heteroatoms. The maximum absolute atomic E-state index is 12.4. The zero-order valence-corrected chi connectivity index (χ0v) is 14.4. The third-order valence-electron chi connectivity index (χ3n) is 3.86. The molecule has 0 bridgehead atoms. The molecule has 0 saturated carbocycles. The lowest BCUT2D eigenvalue weighted by Gasteiger charge is -2.13. The standard InChI is InChI=1S/C18H23ClN2O/c1-12(2)21-13(3)11-17(14(21)4)18(22)20-10-9-15-5-7-16(19)8-6-15/h5-8,11-12H,9-10H2,1-4H3,(H,20,22). The van der Waals surface area contributed by atoms with E-state index in [2.05, 4.69) is 23.7 Å². The van der Waals surface area contributed by atoms with E-state index in [4.69, 9.17) is 11.6 Å². The van der Waals surface area contributed by atoms with Gasteiger partial charge < -0.3 is 9.88 Å². The summed E-state index contributed by atoms with van der Waals surface area (Å²) in [6, 6.07) is 10.0. The highest BCUT2D eigenvalue weighted by atomic mass is 35.5. The Morgan fingerprint density at radius 1 is 1.23 bits per heavy atom. The predicted molar refractivity (Wildman–Crippen MR) is 91.8 cm³/mol. The molecule has 0 aliphatic rings. The number of amides is 1. The second kappa shape index (κ2) is 7.01. The average Bonchev–Trinajstić information content (AvgIpc) is 2.76. The summed E-state index contributed by atoms with van der Waals surface area (Å²) in [5.41, 5.74) is 4.08. The third kappa shape index (κ3) is 3.72. The number of nitrogens with one attached hydrogen (secondary N) is 1. The van der Waals surface area contributed by atoms with Crippen molar-refractivity contribution in [2.24, 2.45) is 0 Å². The van der Waals surface area contributed by atoms with Gasteiger partial charge in [-0.05, 0) is 57.9 Å². The molecule has 118 valence electrons. The van der Waals surface area contributed by atoms with Crippen molar-refractivity contribution in [1.29, 1.82) is 0 Å². The molecule has 2 aromatic rings. The van der Waals surface area contributed by atoms with Gasteiger partial charge in [-0.1, -0.05) is 23.7 Å². The lowest BCUT2D eigenvalue weighted by Crippen LogP contribution is -2.26. The molecule has 0 unspecified atom stereocenters. The summed E-state index contributed by atoms with van der Waals surface area (Å²) in [6.45, 7) is 8.91. The second-order valence-electron chi connectivity index (χ2n) is 5.88. The highest BCUT2D eigenvalue weighted by molar-refractivity contribution is 6.30. The fourth-order valence-corrected chi connectivity index (χ4v) is 2.99. The van der Waals surface area contributed by atoms with E-state index < -0.39 is 0 Å². The minimum Gasteiger partial charge on any atom is -0.352 e. The lowest BCUT2D eigenvalue weighted by atomic mass is 10.1. The van der Waals surface area contributed by atoms with E-state index in [1.54, 1.807) is 0 Å². The van der Waals surface area contributed by atoms with Crippen LogP contribution in [-0.2, 0) is 6.42 Å². The van der Waals surface area contributed by atoms with Crippen LogP contribution in [0.5, 0.6) is 0 Å². The molecule has 3 nitrogen and oxygen atoms in total. The van der Waals surface area contributed by atoms with Crippen LogP contribution in [0.3, 0.4) is 0 Å². The Kier molecular flexibility index (Phi) is 5.30. The summed E-state index contributed by atoms with van der Waals surface area (Å²) < 4.78 is 2.19. The van der Waals surface area contributed by atoms with Crippen molar-refractivity contribution in [2.45, 2.75) is 40.2 Å². The fourth-order valence-electron chi connectivity index (χ4n) is 2.87. The number of carbonyl (C=O) groups excluding carboxylic acids is 1. The van der Waals surface area contributed by atoms with Crippen LogP contribution in [0.25, 0.3) is 0 Å². The average molecular weight is 319 g/mol. The largest absolute Gasteiger partial charge is 0.352 e. The van der Waals surface area contributed by atoms with Gasteiger partial charge in [-0.15, -0.1) is 0 Å². The second-order valence-corrected chi connectivity index (χ2v) is 6.32. The summed E-state index contributed by atoms with van der Waals surface area (Å²) in [5, 5.41) is 3.73. The summed E-state index contributed by atoms with van der Waals surface area (Å²) in [4.78, 5) is 12.4. The van der Waals surface area contributed by atoms with Gasteiger partial charge in [0, 0.05) is 29.0 Å². The Hall–Kier alpha value is -1.74. The van der Waals surface area contributed by atoms with Gasteiger partial charge in [0.25, 0.3) is 5.91 Å². The first-order valence-corrected chi connectivity index (χ1v) is 7.99. The van der Waals surface area contributed by atoms with Crippen molar-refractivity contribution in [2.75, 3.05) is 6.54 Å². The van der Waals surface area contributed by atoms with E-state index in [0.29, 0.717) is 12.6 Å². The van der Waals surface area contributed by atoms with Gasteiger partial charge in [0.2, 0.25) is 0 Å². The molecule has 0 saturated heterocycles. The Morgan fingerprint density at radius 3 is 2.41 bits per heavy atom. The van der Waals surface area contributed by atoms with Gasteiger partial charge in [0.15, 0.2) is 0 Å². The number of aryl methyl sites for hydroxylation is 1. The third-order valence-corrected chi connectivity index (χ3v) is 4.11. The summed E-state index contributed by atoms with van der Waals surface area (Å²) in [5.74, 6) is -0.00559. The van der Waals surface area contributed by atoms with Crippen molar-refractivity contribution < 1.29 is 4.79 Å². The zero-order valence-electron chi connectivity index (χ0n) is 13.6. The van der Waals surface area contributed by atoms with E-state index in [9.17, 15) is 4.79 Å². The van der Waals surface area contributed by atoms with Crippen LogP contribution in [0.4, 0.5) is 0 Å². The number of hydrogen-bond acceptors (Lipinski definition) is 1. The first-order chi connectivity index (χ1) is 10.4. The normalized spacial score (nSPS) is 11.0. The number of nitrogens with zero attached hydrogens (tertiary/aromatic N) is 1. The maximum Gasteiger partial charge on any atom is 0.253 e. The molecule has 0 aliphatic carbocycles. The van der Waals surface area contributed by atoms with Gasteiger partial charge in [-0.2, -0.15) is 0 Å². The Balaban J connectivity index is 1.98. The number of aromatic nitrogens is 1. The van der Waals surface area contributed by atoms with Crippen molar-refractivity contribution in [3.05, 3.63) is 57.9 Å². The van der Waals surface area contributed by atoms with Gasteiger partial charge in [0.05, 0.1) is 5.56 Å². The minimum atomic E-state index is -0.00559. The van der Waals surface area contributed by atoms with Gasteiger partial charge in [-0.3, -0.25) is 4.79 Å². The van der Waals surface area contributed by atoms with Crippen LogP contribution >= 0.6 is 11.6 Å². The van der Waals surface area contributed by atoms with Crippen molar-refractivity contribution in [1.82, 2.24) is 9.88 Å². The summed E-state index contributed by atoms with van der Waals surface area (Å²) in [6.07, 6.45) is 0.797. The molecule has 1 heterocycles. The van der Waals surface area contributed by atoms with E-state index in [1.807, 2.05) is 44.2 Å². The van der Waals surface area contributed by atoms with E-state index in [1.165, 1.54) is 0 Å². The number of rotatable bonds is 5. The molecular weight excluding hydrogens is 296 g/mol. The Labute approximate surface area is 137 Å². The van der Waals surface area contributed by atoms with Crippen LogP contribution in [0.15, 0.2) is 30.3 Å². The first-order valence-electron chi connectivity index (χ1n) is 7.61. The topological polar surface area (TPSA) is 34.0 Å². The molecule has 0 spiro atoms. The highest BCUT2D eigenvalue weighted by Gasteiger charge is 2.16. The lowest BCUT2D eigenvalue weighted by molar-refractivity contribution is 0.0953. The number of hydrogen-bond donors (Lipinski definition) is 1. The molecule has 0 atom stereocenters. The highest BCUT2D eigenvalue weighted by Crippen LogP contribution is 2.20. The molecule has 0 radical (unpaired) electrons.